The standard InChI is InChI=1S/C12H13ClIN3O4/c13-7-5-6(14)1-2-8(7)16-12(21)17-9(11(19)20)3-4-10(15)18/h1-2,5,9H,3-4H2,(H2,15,18)(H,19,20)(H2,16,17,21)/t9-/m0/s1. The number of nitrogens with one attached hydrogen (secondary N) is 2. The second kappa shape index (κ2) is 8.03. The summed E-state index contributed by atoms with van der Waals surface area (Å²) in [6.45, 7) is 0. The van der Waals surface area contributed by atoms with Crippen molar-refractivity contribution in [1.29, 1.82) is 0 Å². The van der Waals surface area contributed by atoms with Gasteiger partial charge in [-0.15, -0.1) is 0 Å². The van der Waals surface area contributed by atoms with E-state index in [1.54, 1.807) is 18.2 Å². The third kappa shape index (κ3) is 6.17. The molecule has 0 saturated heterocycles. The lowest BCUT2D eigenvalue weighted by molar-refractivity contribution is -0.139. The molecule has 0 spiro atoms. The van der Waals surface area contributed by atoms with E-state index in [-0.39, 0.29) is 12.8 Å². The summed E-state index contributed by atoms with van der Waals surface area (Å²) in [6.07, 6.45) is -0.222. The fourth-order valence-electron chi connectivity index (χ4n) is 1.45. The third-order valence-corrected chi connectivity index (χ3v) is 3.45. The van der Waals surface area contributed by atoms with Crippen molar-refractivity contribution in [3.63, 3.8) is 0 Å². The lowest BCUT2D eigenvalue weighted by atomic mass is 10.1. The van der Waals surface area contributed by atoms with E-state index in [0.29, 0.717) is 10.7 Å². The third-order valence-electron chi connectivity index (χ3n) is 2.46. The van der Waals surface area contributed by atoms with E-state index in [2.05, 4.69) is 33.2 Å². The molecule has 0 heterocycles. The van der Waals surface area contributed by atoms with Crippen LogP contribution in [-0.2, 0) is 9.59 Å². The number of halogens is 2. The van der Waals surface area contributed by atoms with Crippen LogP contribution in [0.4, 0.5) is 10.5 Å². The van der Waals surface area contributed by atoms with Gasteiger partial charge in [-0.3, -0.25) is 4.79 Å². The minimum Gasteiger partial charge on any atom is -0.480 e. The Labute approximate surface area is 139 Å². The zero-order chi connectivity index (χ0) is 16.0. The van der Waals surface area contributed by atoms with Gasteiger partial charge in [0.2, 0.25) is 5.91 Å². The average molecular weight is 426 g/mol. The molecule has 1 atom stereocenters. The maximum atomic E-state index is 11.7. The van der Waals surface area contributed by atoms with E-state index < -0.39 is 23.9 Å². The monoisotopic (exact) mass is 425 g/mol. The summed E-state index contributed by atoms with van der Waals surface area (Å²) in [6, 6.07) is 3.06. The number of amides is 3. The van der Waals surface area contributed by atoms with Crippen LogP contribution >= 0.6 is 34.2 Å². The van der Waals surface area contributed by atoms with Gasteiger partial charge in [0.05, 0.1) is 10.7 Å². The predicted molar refractivity (Wildman–Crippen MR) is 86.2 cm³/mol. The van der Waals surface area contributed by atoms with Crippen molar-refractivity contribution in [2.75, 3.05) is 5.32 Å². The maximum absolute atomic E-state index is 11.7. The minimum atomic E-state index is -1.25. The second-order valence-electron chi connectivity index (χ2n) is 4.12. The highest BCUT2D eigenvalue weighted by molar-refractivity contribution is 14.1. The molecule has 0 aliphatic carbocycles. The highest BCUT2D eigenvalue weighted by Crippen LogP contribution is 2.23. The van der Waals surface area contributed by atoms with Crippen LogP contribution in [0, 0.1) is 3.57 Å². The van der Waals surface area contributed by atoms with Crippen LogP contribution in [0.25, 0.3) is 0 Å². The number of anilines is 1. The average Bonchev–Trinajstić information content (AvgIpc) is 2.37. The van der Waals surface area contributed by atoms with Crippen LogP contribution in [0.3, 0.4) is 0 Å². The smallest absolute Gasteiger partial charge is 0.326 e. The molecule has 1 rings (SSSR count). The van der Waals surface area contributed by atoms with Gasteiger partial charge in [-0.05, 0) is 47.2 Å². The molecule has 0 saturated carbocycles. The van der Waals surface area contributed by atoms with Crippen molar-refractivity contribution in [3.05, 3.63) is 26.8 Å². The van der Waals surface area contributed by atoms with Crippen molar-refractivity contribution in [2.24, 2.45) is 5.73 Å². The lowest BCUT2D eigenvalue weighted by Gasteiger charge is -2.15. The van der Waals surface area contributed by atoms with Crippen molar-refractivity contribution in [2.45, 2.75) is 18.9 Å². The van der Waals surface area contributed by atoms with Gasteiger partial charge in [0.25, 0.3) is 0 Å². The summed E-state index contributed by atoms with van der Waals surface area (Å²) in [5.74, 6) is -1.88. The highest BCUT2D eigenvalue weighted by Gasteiger charge is 2.20. The number of urea groups is 1. The Morgan fingerprint density at radius 3 is 2.57 bits per heavy atom. The molecule has 21 heavy (non-hydrogen) atoms. The topological polar surface area (TPSA) is 122 Å². The number of aliphatic carboxylic acids is 1. The van der Waals surface area contributed by atoms with Crippen molar-refractivity contribution >= 4 is 57.8 Å². The molecule has 0 radical (unpaired) electrons. The quantitative estimate of drug-likeness (QED) is 0.519. The van der Waals surface area contributed by atoms with Gasteiger partial charge in [-0.25, -0.2) is 9.59 Å². The molecular weight excluding hydrogens is 413 g/mol. The first-order valence-electron chi connectivity index (χ1n) is 5.83. The molecule has 0 bridgehead atoms. The number of rotatable bonds is 6. The maximum Gasteiger partial charge on any atom is 0.326 e. The lowest BCUT2D eigenvalue weighted by Crippen LogP contribution is -2.43. The predicted octanol–water partition coefficient (Wildman–Crippen LogP) is 1.78. The number of nitrogens with two attached hydrogens (primary N) is 1. The SMILES string of the molecule is NC(=O)CC[C@H](NC(=O)Nc1ccc(I)cc1Cl)C(=O)O. The Morgan fingerprint density at radius 1 is 1.38 bits per heavy atom. The van der Waals surface area contributed by atoms with E-state index in [1.807, 2.05) is 0 Å². The Bertz CT molecular complexity index is 567. The molecule has 0 aliphatic rings. The summed E-state index contributed by atoms with van der Waals surface area (Å²) in [5.41, 5.74) is 5.31. The van der Waals surface area contributed by atoms with Crippen LogP contribution in [0.15, 0.2) is 18.2 Å². The van der Waals surface area contributed by atoms with Gasteiger partial charge in [-0.2, -0.15) is 0 Å². The largest absolute Gasteiger partial charge is 0.480 e. The van der Waals surface area contributed by atoms with Crippen molar-refractivity contribution in [1.82, 2.24) is 5.32 Å². The number of carboxylic acid groups (broad SMARTS) is 1. The Morgan fingerprint density at radius 2 is 2.05 bits per heavy atom. The molecule has 1 aromatic carbocycles. The van der Waals surface area contributed by atoms with E-state index in [0.717, 1.165) is 3.57 Å². The van der Waals surface area contributed by atoms with Crippen LogP contribution < -0.4 is 16.4 Å². The first kappa shape index (κ1) is 17.5. The summed E-state index contributed by atoms with van der Waals surface area (Å²) in [5, 5.41) is 14.0. The zero-order valence-electron chi connectivity index (χ0n) is 10.7. The Hall–Kier alpha value is -1.55. The van der Waals surface area contributed by atoms with Gasteiger partial charge in [0, 0.05) is 9.99 Å². The number of carbonyl (C=O) groups excluding carboxylic acids is 2. The number of primary amides is 1. The summed E-state index contributed by atoms with van der Waals surface area (Å²) >= 11 is 8.02. The van der Waals surface area contributed by atoms with Crippen LogP contribution in [-0.4, -0.2) is 29.1 Å². The number of carbonyl (C=O) groups is 3. The second-order valence-corrected chi connectivity index (χ2v) is 5.77. The van der Waals surface area contributed by atoms with E-state index in [9.17, 15) is 14.4 Å². The molecule has 0 aliphatic heterocycles. The summed E-state index contributed by atoms with van der Waals surface area (Å²) in [7, 11) is 0. The molecule has 7 nitrogen and oxygen atoms in total. The van der Waals surface area contributed by atoms with E-state index >= 15 is 0 Å². The number of carboxylic acids is 1. The van der Waals surface area contributed by atoms with Gasteiger partial charge in [0.1, 0.15) is 6.04 Å². The van der Waals surface area contributed by atoms with E-state index in [4.69, 9.17) is 22.4 Å². The minimum absolute atomic E-state index is 0.0848. The van der Waals surface area contributed by atoms with E-state index in [1.165, 1.54) is 0 Å². The normalized spacial score (nSPS) is 11.5. The van der Waals surface area contributed by atoms with Crippen LogP contribution in [0.5, 0.6) is 0 Å². The molecular formula is C12H13ClIN3O4. The molecule has 5 N–H and O–H groups in total. The van der Waals surface area contributed by atoms with Crippen molar-refractivity contribution in [3.8, 4) is 0 Å². The van der Waals surface area contributed by atoms with Crippen LogP contribution in [0.1, 0.15) is 12.8 Å². The van der Waals surface area contributed by atoms with Gasteiger partial charge < -0.3 is 21.5 Å². The molecule has 0 fully saturated rings. The first-order chi connectivity index (χ1) is 9.79. The Kier molecular flexibility index (Phi) is 6.69. The highest BCUT2D eigenvalue weighted by atomic mass is 127. The molecule has 0 aromatic heterocycles. The number of benzene rings is 1. The molecule has 1 aromatic rings. The molecule has 9 heteroatoms. The molecule has 0 unspecified atom stereocenters. The Balaban J connectivity index is 2.65. The fourth-order valence-corrected chi connectivity index (χ4v) is 2.35. The number of hydrogen-bond acceptors (Lipinski definition) is 3. The van der Waals surface area contributed by atoms with Gasteiger partial charge in [0.15, 0.2) is 0 Å². The molecule has 3 amide bonds. The number of hydrogen-bond donors (Lipinski definition) is 4. The van der Waals surface area contributed by atoms with Crippen LogP contribution in [0.2, 0.25) is 5.02 Å². The summed E-state index contributed by atoms with van der Waals surface area (Å²) in [4.78, 5) is 33.4. The first-order valence-corrected chi connectivity index (χ1v) is 7.29. The van der Waals surface area contributed by atoms with Crippen molar-refractivity contribution < 1.29 is 19.5 Å². The van der Waals surface area contributed by atoms with Gasteiger partial charge >= 0.3 is 12.0 Å². The van der Waals surface area contributed by atoms with Gasteiger partial charge in [-0.1, -0.05) is 11.6 Å². The zero-order valence-corrected chi connectivity index (χ0v) is 13.6. The molecule has 114 valence electrons. The summed E-state index contributed by atoms with van der Waals surface area (Å²) < 4.78 is 0.897. The fraction of sp³-hybridized carbons (Fsp3) is 0.250.